The highest BCUT2D eigenvalue weighted by atomic mass is 35.5. The van der Waals surface area contributed by atoms with Crippen molar-refractivity contribution in [3.63, 3.8) is 0 Å². The van der Waals surface area contributed by atoms with E-state index >= 15 is 0 Å². The summed E-state index contributed by atoms with van der Waals surface area (Å²) >= 11 is 4.55. The lowest BCUT2D eigenvalue weighted by molar-refractivity contribution is -0.132. The minimum Gasteiger partial charge on any atom is -0.418 e. The van der Waals surface area contributed by atoms with Crippen LogP contribution in [0.15, 0.2) is 0 Å². The molecule has 0 aliphatic carbocycles. The van der Waals surface area contributed by atoms with Crippen molar-refractivity contribution in [2.75, 3.05) is 13.1 Å². The van der Waals surface area contributed by atoms with Crippen molar-refractivity contribution in [2.24, 2.45) is 5.73 Å². The largest absolute Gasteiger partial charge is 0.673 e. The van der Waals surface area contributed by atoms with E-state index in [9.17, 15) is 17.3 Å². The zero-order valence-corrected chi connectivity index (χ0v) is 8.61. The minimum atomic E-state index is -6.00. The van der Waals surface area contributed by atoms with Crippen molar-refractivity contribution in [1.82, 2.24) is 5.32 Å². The normalized spacial score (nSPS) is 14.2. The molecule has 0 aromatic rings. The fourth-order valence-corrected chi connectivity index (χ4v) is 0.625. The average molecular weight is 253 g/mol. The molecular weight excluding hydrogens is 240 g/mol. The van der Waals surface area contributed by atoms with E-state index in [0.29, 0.717) is 0 Å². The number of amidine groups is 1. The van der Waals surface area contributed by atoms with Gasteiger partial charge < -0.3 is 26.9 Å². The molecule has 0 aromatic heterocycles. The van der Waals surface area contributed by atoms with Crippen molar-refractivity contribution in [3.8, 4) is 0 Å². The number of nitrogens with one attached hydrogen (secondary N) is 1. The van der Waals surface area contributed by atoms with Crippen molar-refractivity contribution in [3.05, 3.63) is 0 Å². The van der Waals surface area contributed by atoms with Crippen LogP contribution < -0.4 is 16.5 Å². The van der Waals surface area contributed by atoms with Gasteiger partial charge in [-0.3, -0.25) is 11.1 Å². The van der Waals surface area contributed by atoms with Crippen LogP contribution in [0.2, 0.25) is 0 Å². The van der Waals surface area contributed by atoms with E-state index in [0.717, 1.165) is 0 Å². The topological polar surface area (TPSA) is 72.9 Å². The Kier molecular flexibility index (Phi) is 11.0. The highest BCUT2D eigenvalue weighted by Crippen LogP contribution is 2.06. The maximum Gasteiger partial charge on any atom is 0.673 e. The summed E-state index contributed by atoms with van der Waals surface area (Å²) in [5, 5.41) is 7.85. The van der Waals surface area contributed by atoms with Gasteiger partial charge in [-0.15, -0.1) is 0 Å². The van der Waals surface area contributed by atoms with E-state index in [1.54, 1.807) is 0 Å². The van der Waals surface area contributed by atoms with Crippen molar-refractivity contribution in [1.29, 1.82) is 0 Å². The van der Waals surface area contributed by atoms with Gasteiger partial charge in [0.15, 0.2) is 0 Å². The van der Waals surface area contributed by atoms with Crippen molar-refractivity contribution in [2.45, 2.75) is 12.8 Å². The van der Waals surface area contributed by atoms with Gasteiger partial charge in [0.25, 0.3) is 0 Å². The second-order valence-electron chi connectivity index (χ2n) is 2.43. The molecule has 0 radical (unpaired) electrons. The standard InChI is InChI=1S/C4H9N.CH3ClN2O.BF4/c1-2-4-5-3-1;2-5-1(3)4;2-1(3,4)5/h5H,1-4H2;(H3,3,4);/q;;-1/p+1. The van der Waals surface area contributed by atoms with E-state index in [4.69, 9.17) is 0 Å². The summed E-state index contributed by atoms with van der Waals surface area (Å²) in [4.78, 5) is 0. The summed E-state index contributed by atoms with van der Waals surface area (Å²) in [6, 6.07) is -0.230. The van der Waals surface area contributed by atoms with Gasteiger partial charge >= 0.3 is 13.3 Å². The highest BCUT2D eigenvalue weighted by molar-refractivity contribution is 6.50. The molecule has 0 spiro atoms. The van der Waals surface area contributed by atoms with Crippen molar-refractivity contribution < 1.29 is 27.0 Å². The Labute approximate surface area is 89.9 Å². The monoisotopic (exact) mass is 253 g/mol. The number of hydrogen-bond acceptors (Lipinski definition) is 2. The van der Waals surface area contributed by atoms with Gasteiger partial charge in [0, 0.05) is 0 Å². The summed E-state index contributed by atoms with van der Waals surface area (Å²) in [6.45, 7) is 2.50. The lowest BCUT2D eigenvalue weighted by Crippen LogP contribution is -2.45. The minimum absolute atomic E-state index is 0.230. The van der Waals surface area contributed by atoms with E-state index in [1.165, 1.54) is 25.9 Å². The molecule has 0 aromatic carbocycles. The van der Waals surface area contributed by atoms with Crippen LogP contribution in [0.3, 0.4) is 0 Å². The molecule has 0 amide bonds. The van der Waals surface area contributed by atoms with Gasteiger partial charge in [-0.05, 0) is 25.9 Å². The van der Waals surface area contributed by atoms with Crippen LogP contribution in [-0.2, 0) is 4.29 Å². The van der Waals surface area contributed by atoms with Crippen LogP contribution in [0.5, 0.6) is 0 Å². The molecule has 10 heteroatoms. The molecule has 0 atom stereocenters. The summed E-state index contributed by atoms with van der Waals surface area (Å²) in [7, 11) is -6.00. The molecule has 0 unspecified atom stereocenters. The van der Waals surface area contributed by atoms with E-state index in [2.05, 4.69) is 32.6 Å². The second kappa shape index (κ2) is 9.84. The van der Waals surface area contributed by atoms with Crippen LogP contribution in [0.25, 0.3) is 0 Å². The van der Waals surface area contributed by atoms with Gasteiger partial charge in [-0.2, -0.15) is 0 Å². The zero-order valence-electron chi connectivity index (χ0n) is 7.86. The van der Waals surface area contributed by atoms with Crippen LogP contribution in [0.1, 0.15) is 12.8 Å². The molecule has 1 heterocycles. The molecular formula is C5H13BClF4N3O. The van der Waals surface area contributed by atoms with E-state index in [-0.39, 0.29) is 6.02 Å². The summed E-state index contributed by atoms with van der Waals surface area (Å²) < 4.78 is 42.7. The van der Waals surface area contributed by atoms with E-state index < -0.39 is 7.25 Å². The van der Waals surface area contributed by atoms with Gasteiger partial charge in [0.2, 0.25) is 0 Å². The average Bonchev–Trinajstić information content (AvgIpc) is 2.57. The fraction of sp³-hybridized carbons (Fsp3) is 0.800. The molecule has 4 nitrogen and oxygen atoms in total. The molecule has 5 N–H and O–H groups in total. The van der Waals surface area contributed by atoms with E-state index in [1.807, 2.05) is 0 Å². The third-order valence-electron chi connectivity index (χ3n) is 1.05. The Morgan fingerprint density at radius 3 is 1.60 bits per heavy atom. The third-order valence-corrected chi connectivity index (χ3v) is 1.22. The first kappa shape index (κ1) is 16.7. The highest BCUT2D eigenvalue weighted by Gasteiger charge is 2.20. The summed E-state index contributed by atoms with van der Waals surface area (Å²) in [6.07, 6.45) is 2.78. The van der Waals surface area contributed by atoms with Gasteiger partial charge in [-0.1, -0.05) is 0 Å². The molecule has 0 saturated carbocycles. The molecule has 1 fully saturated rings. The molecule has 15 heavy (non-hydrogen) atoms. The van der Waals surface area contributed by atoms with Crippen molar-refractivity contribution >= 4 is 25.1 Å². The second-order valence-corrected chi connectivity index (χ2v) is 2.59. The maximum absolute atomic E-state index is 9.75. The van der Waals surface area contributed by atoms with Gasteiger partial charge in [0.05, 0.1) is 0 Å². The molecule has 1 aliphatic heterocycles. The SMILES string of the molecule is C1CCNC1.F[B-](F)(F)F.NC(=[NH2+])OCl. The zero-order chi connectivity index (χ0) is 12.3. The predicted molar refractivity (Wildman–Crippen MR) is 50.3 cm³/mol. The molecule has 1 aliphatic rings. The van der Waals surface area contributed by atoms with Crippen LogP contribution in [-0.4, -0.2) is 26.4 Å². The van der Waals surface area contributed by atoms with Gasteiger partial charge in [-0.25, -0.2) is 0 Å². The lowest BCUT2D eigenvalue weighted by Gasteiger charge is -1.94. The third kappa shape index (κ3) is 42.8. The van der Waals surface area contributed by atoms with Crippen LogP contribution in [0.4, 0.5) is 17.3 Å². The number of rotatable bonds is 0. The Hall–Kier alpha value is -0.695. The first-order valence-electron chi connectivity index (χ1n) is 4.02. The molecule has 1 rings (SSSR count). The maximum atomic E-state index is 9.75. The number of nitrogens with two attached hydrogens (primary N) is 2. The smallest absolute Gasteiger partial charge is 0.418 e. The molecule has 92 valence electrons. The Balaban J connectivity index is 0. The first-order valence-corrected chi connectivity index (χ1v) is 4.32. The number of hydrogen-bond donors (Lipinski definition) is 3. The van der Waals surface area contributed by atoms with Crippen LogP contribution >= 0.6 is 11.9 Å². The van der Waals surface area contributed by atoms with Crippen LogP contribution in [0, 0.1) is 0 Å². The fourth-order valence-electron chi connectivity index (χ4n) is 0.625. The summed E-state index contributed by atoms with van der Waals surface area (Å²) in [5.41, 5.74) is 4.63. The Morgan fingerprint density at radius 2 is 1.53 bits per heavy atom. The predicted octanol–water partition coefficient (Wildman–Crippen LogP) is -0.0996. The Bertz CT molecular complexity index is 153. The first-order chi connectivity index (χ1) is 6.77. The lowest BCUT2D eigenvalue weighted by atomic mass is 10.3. The number of halogens is 5. The van der Waals surface area contributed by atoms with Gasteiger partial charge in [0.1, 0.15) is 11.9 Å². The molecule has 0 bridgehead atoms. The quantitative estimate of drug-likeness (QED) is 0.244. The summed E-state index contributed by atoms with van der Waals surface area (Å²) in [5.74, 6) is 0. The molecule has 1 saturated heterocycles. The Morgan fingerprint density at radius 1 is 1.27 bits per heavy atom.